The Balaban J connectivity index is 1.79. The van der Waals surface area contributed by atoms with Gasteiger partial charge in [0.2, 0.25) is 0 Å². The van der Waals surface area contributed by atoms with Crippen LogP contribution in [0.4, 0.5) is 0 Å². The highest BCUT2D eigenvalue weighted by atomic mass is 16.3. The van der Waals surface area contributed by atoms with Gasteiger partial charge in [-0.05, 0) is 76.8 Å². The lowest BCUT2D eigenvalue weighted by atomic mass is 9.69. The van der Waals surface area contributed by atoms with E-state index in [0.29, 0.717) is 0 Å². The van der Waals surface area contributed by atoms with E-state index in [-0.39, 0.29) is 50.6 Å². The lowest BCUT2D eigenvalue weighted by molar-refractivity contribution is 0.266. The van der Waals surface area contributed by atoms with Gasteiger partial charge in [0.05, 0.1) is 0 Å². The first-order valence-electron chi connectivity index (χ1n) is 9.88. The van der Waals surface area contributed by atoms with Crippen LogP contribution in [0, 0.1) is 16.7 Å². The number of benzene rings is 1. The Labute approximate surface area is 159 Å². The predicted octanol–water partition coefficient (Wildman–Crippen LogP) is 5.11. The van der Waals surface area contributed by atoms with Crippen molar-refractivity contribution >= 4 is 0 Å². The lowest BCUT2D eigenvalue weighted by Crippen LogP contribution is -2.28. The molecule has 4 aliphatic carbocycles. The van der Waals surface area contributed by atoms with Crippen molar-refractivity contribution in [2.45, 2.75) is 64.2 Å². The van der Waals surface area contributed by atoms with Crippen LogP contribution in [-0.4, -0.2) is 20.4 Å². The van der Waals surface area contributed by atoms with Crippen LogP contribution < -0.4 is 0 Å². The van der Waals surface area contributed by atoms with Gasteiger partial charge in [-0.2, -0.15) is 0 Å². The molecule has 2 unspecified atom stereocenters. The fourth-order valence-corrected chi connectivity index (χ4v) is 7.16. The summed E-state index contributed by atoms with van der Waals surface area (Å²) in [7, 11) is 0. The van der Waals surface area contributed by atoms with Crippen molar-refractivity contribution in [3.05, 3.63) is 46.4 Å². The monoisotopic (exact) mass is 368 g/mol. The van der Waals surface area contributed by atoms with Crippen LogP contribution in [0.1, 0.15) is 64.5 Å². The third-order valence-electron chi connectivity index (χ3n) is 8.21. The van der Waals surface area contributed by atoms with E-state index in [9.17, 15) is 20.4 Å². The molecule has 2 fully saturated rings. The van der Waals surface area contributed by atoms with E-state index in [1.165, 1.54) is 5.57 Å². The van der Waals surface area contributed by atoms with Crippen LogP contribution in [0.2, 0.25) is 0 Å². The molecule has 0 amide bonds. The Bertz CT molecular complexity index is 955. The topological polar surface area (TPSA) is 80.9 Å². The first-order chi connectivity index (χ1) is 12.5. The molecule has 1 aromatic rings. The Hall–Kier alpha value is -2.10. The molecule has 0 aromatic heterocycles. The van der Waals surface area contributed by atoms with Gasteiger partial charge in [-0.1, -0.05) is 27.7 Å². The van der Waals surface area contributed by atoms with Gasteiger partial charge in [0, 0.05) is 11.3 Å². The van der Waals surface area contributed by atoms with Crippen LogP contribution >= 0.6 is 0 Å². The molecule has 1 aromatic carbocycles. The zero-order valence-electron chi connectivity index (χ0n) is 16.4. The number of fused-ring (bicyclic) bond motifs is 3. The highest BCUT2D eigenvalue weighted by Gasteiger charge is 2.77. The summed E-state index contributed by atoms with van der Waals surface area (Å²) in [6.07, 6.45) is 5.61. The Morgan fingerprint density at radius 3 is 2.19 bits per heavy atom. The van der Waals surface area contributed by atoms with E-state index in [4.69, 9.17) is 0 Å². The number of phenolic OH excluding ortho intramolecular Hbond substituents is 2. The minimum atomic E-state index is -0.269. The second kappa shape index (κ2) is 4.48. The van der Waals surface area contributed by atoms with Crippen LogP contribution in [0.3, 0.4) is 0 Å². The normalized spacial score (nSPS) is 41.0. The largest absolute Gasteiger partial charge is 0.508 e. The number of aromatic hydroxyl groups is 2. The zero-order valence-corrected chi connectivity index (χ0v) is 16.4. The van der Waals surface area contributed by atoms with Gasteiger partial charge < -0.3 is 20.4 Å². The Kier molecular flexibility index (Phi) is 2.82. The molecule has 5 rings (SSSR count). The molecule has 4 aliphatic rings. The number of aliphatic hydroxyl groups is 2. The second-order valence-corrected chi connectivity index (χ2v) is 10.5. The fourth-order valence-electron chi connectivity index (χ4n) is 7.16. The minimum absolute atomic E-state index is 0.00390. The minimum Gasteiger partial charge on any atom is -0.508 e. The van der Waals surface area contributed by atoms with Gasteiger partial charge >= 0.3 is 0 Å². The molecule has 27 heavy (non-hydrogen) atoms. The molecule has 0 saturated heterocycles. The number of rotatable bonds is 0. The SMILES string of the molecule is CC1CC23C[C@@]2(C)C[C@]2(CC(C)(C)c4cc(O)c(O)cc42)C3=CC(O)=C1O. The van der Waals surface area contributed by atoms with Gasteiger partial charge in [-0.25, -0.2) is 0 Å². The van der Waals surface area contributed by atoms with E-state index in [1.54, 1.807) is 12.1 Å². The molecule has 4 nitrogen and oxygen atoms in total. The maximum atomic E-state index is 10.6. The van der Waals surface area contributed by atoms with E-state index in [0.717, 1.165) is 36.8 Å². The molecule has 2 saturated carbocycles. The van der Waals surface area contributed by atoms with E-state index in [1.807, 2.05) is 13.0 Å². The maximum absolute atomic E-state index is 10.6. The molecule has 0 heterocycles. The molecule has 4 atom stereocenters. The Morgan fingerprint density at radius 1 is 0.889 bits per heavy atom. The summed E-state index contributed by atoms with van der Waals surface area (Å²) in [4.78, 5) is 0. The van der Waals surface area contributed by atoms with Crippen LogP contribution in [0.5, 0.6) is 11.5 Å². The van der Waals surface area contributed by atoms with Gasteiger partial charge in [-0.3, -0.25) is 0 Å². The van der Waals surface area contributed by atoms with Crippen molar-refractivity contribution in [3.63, 3.8) is 0 Å². The average Bonchev–Trinajstić information content (AvgIpc) is 3.03. The number of hydrogen-bond donors (Lipinski definition) is 4. The first-order valence-corrected chi connectivity index (χ1v) is 9.88. The van der Waals surface area contributed by atoms with E-state index in [2.05, 4.69) is 20.8 Å². The molecule has 0 aliphatic heterocycles. The standard InChI is InChI=1S/C23H28O4/c1-12-8-23-11-21(23,4)10-22(18(23)7-17(26)19(12)27)9-20(2,3)13-5-15(24)16(25)6-14(13)22/h5-7,12,24-27H,8-11H2,1-4H3/t12?,21-,22+,23?/m1/s1. The molecular formula is C23H28O4. The average molecular weight is 368 g/mol. The summed E-state index contributed by atoms with van der Waals surface area (Å²) >= 11 is 0. The van der Waals surface area contributed by atoms with Gasteiger partial charge in [-0.15, -0.1) is 0 Å². The third-order valence-corrected chi connectivity index (χ3v) is 8.21. The Morgan fingerprint density at radius 2 is 1.52 bits per heavy atom. The van der Waals surface area contributed by atoms with Crippen molar-refractivity contribution < 1.29 is 20.4 Å². The van der Waals surface area contributed by atoms with Crippen LogP contribution in [-0.2, 0) is 10.8 Å². The number of allylic oxidation sites excluding steroid dienone is 3. The molecule has 4 heteroatoms. The molecular weight excluding hydrogens is 340 g/mol. The van der Waals surface area contributed by atoms with Crippen molar-refractivity contribution in [2.75, 3.05) is 0 Å². The third kappa shape index (κ3) is 1.80. The molecule has 144 valence electrons. The molecule has 0 radical (unpaired) electrons. The van der Waals surface area contributed by atoms with Gasteiger partial charge in [0.25, 0.3) is 0 Å². The van der Waals surface area contributed by atoms with Crippen molar-refractivity contribution in [2.24, 2.45) is 16.7 Å². The molecule has 4 N–H and O–H groups in total. The van der Waals surface area contributed by atoms with Gasteiger partial charge in [0.15, 0.2) is 17.3 Å². The quantitative estimate of drug-likeness (QED) is 0.480. The van der Waals surface area contributed by atoms with Crippen molar-refractivity contribution in [1.82, 2.24) is 0 Å². The van der Waals surface area contributed by atoms with E-state index >= 15 is 0 Å². The highest BCUT2D eigenvalue weighted by molar-refractivity contribution is 5.63. The molecule has 0 bridgehead atoms. The second-order valence-electron chi connectivity index (χ2n) is 10.5. The summed E-state index contributed by atoms with van der Waals surface area (Å²) in [6, 6.07) is 3.45. The van der Waals surface area contributed by atoms with Crippen LogP contribution in [0.15, 0.2) is 35.3 Å². The predicted molar refractivity (Wildman–Crippen MR) is 103 cm³/mol. The first kappa shape index (κ1) is 17.0. The maximum Gasteiger partial charge on any atom is 0.157 e. The van der Waals surface area contributed by atoms with Crippen molar-refractivity contribution in [1.29, 1.82) is 0 Å². The zero-order chi connectivity index (χ0) is 19.6. The van der Waals surface area contributed by atoms with Gasteiger partial charge in [0.1, 0.15) is 5.76 Å². The van der Waals surface area contributed by atoms with Crippen LogP contribution in [0.25, 0.3) is 0 Å². The highest BCUT2D eigenvalue weighted by Crippen LogP contribution is 2.85. The number of aliphatic hydroxyl groups excluding tert-OH is 2. The summed E-state index contributed by atoms with van der Waals surface area (Å²) in [5.41, 5.74) is 3.08. The summed E-state index contributed by atoms with van der Waals surface area (Å²) in [5, 5.41) is 41.4. The molecule has 2 spiro atoms. The summed E-state index contributed by atoms with van der Waals surface area (Å²) in [6.45, 7) is 8.68. The van der Waals surface area contributed by atoms with Crippen molar-refractivity contribution in [3.8, 4) is 11.5 Å². The summed E-state index contributed by atoms with van der Waals surface area (Å²) in [5.74, 6) is -0.165. The lowest BCUT2D eigenvalue weighted by Gasteiger charge is -2.34. The smallest absolute Gasteiger partial charge is 0.157 e. The fraction of sp³-hybridized carbons (Fsp3) is 0.565. The number of hydrogen-bond acceptors (Lipinski definition) is 4. The number of phenols is 2. The van der Waals surface area contributed by atoms with E-state index < -0.39 is 0 Å². The summed E-state index contributed by atoms with van der Waals surface area (Å²) < 4.78 is 0.